The van der Waals surface area contributed by atoms with Crippen LogP contribution in [0.5, 0.6) is 0 Å². The second kappa shape index (κ2) is 6.47. The van der Waals surface area contributed by atoms with Crippen LogP contribution in [0.1, 0.15) is 23.3 Å². The lowest BCUT2D eigenvalue weighted by atomic mass is 10.1. The molecule has 17 heavy (non-hydrogen) atoms. The van der Waals surface area contributed by atoms with Crippen molar-refractivity contribution in [3.05, 3.63) is 16.6 Å². The number of nitrogens with zero attached hydrogens (tertiary/aromatic N) is 2. The van der Waals surface area contributed by atoms with Crippen LogP contribution in [-0.4, -0.2) is 46.9 Å². The Bertz CT molecular complexity index is 350. The Morgan fingerprint density at radius 2 is 2.35 bits per heavy atom. The van der Waals surface area contributed by atoms with Crippen LogP contribution in [-0.2, 0) is 4.74 Å². The molecule has 2 rings (SSSR count). The fourth-order valence-electron chi connectivity index (χ4n) is 1.92. The van der Waals surface area contributed by atoms with Crippen molar-refractivity contribution < 1.29 is 9.53 Å². The van der Waals surface area contributed by atoms with Gasteiger partial charge in [-0.15, -0.1) is 11.3 Å². The van der Waals surface area contributed by atoms with Crippen LogP contribution in [0.25, 0.3) is 0 Å². The molecule has 1 aliphatic rings. The molecule has 1 amide bonds. The van der Waals surface area contributed by atoms with Crippen LogP contribution < -0.4 is 0 Å². The van der Waals surface area contributed by atoms with Gasteiger partial charge in [-0.2, -0.15) is 0 Å². The van der Waals surface area contributed by atoms with E-state index in [0.717, 1.165) is 37.9 Å². The summed E-state index contributed by atoms with van der Waals surface area (Å²) in [4.78, 5) is 17.9. The Hall–Kier alpha value is -0.460. The Labute approximate surface area is 113 Å². The number of ether oxygens (including phenoxy) is 1. The third-order valence-electron chi connectivity index (χ3n) is 2.81. The predicted molar refractivity (Wildman–Crippen MR) is 70.8 cm³/mol. The van der Waals surface area contributed by atoms with Gasteiger partial charge in [0.05, 0.1) is 18.2 Å². The molecule has 1 aromatic rings. The first kappa shape index (κ1) is 13.0. The van der Waals surface area contributed by atoms with E-state index in [1.54, 1.807) is 10.9 Å². The van der Waals surface area contributed by atoms with Gasteiger partial charge in [0.25, 0.3) is 5.91 Å². The highest BCUT2D eigenvalue weighted by atomic mass is 79.9. The minimum Gasteiger partial charge on any atom is -0.377 e. The van der Waals surface area contributed by atoms with E-state index in [-0.39, 0.29) is 5.91 Å². The van der Waals surface area contributed by atoms with Crippen molar-refractivity contribution in [2.45, 2.75) is 18.9 Å². The number of halogens is 1. The first-order chi connectivity index (χ1) is 8.31. The number of alkyl halides is 1. The molecular formula is C11H15BrN2O2S. The molecule has 0 saturated carbocycles. The molecule has 2 heterocycles. The van der Waals surface area contributed by atoms with E-state index in [4.69, 9.17) is 4.74 Å². The van der Waals surface area contributed by atoms with Gasteiger partial charge in [0.2, 0.25) is 0 Å². The van der Waals surface area contributed by atoms with Crippen molar-refractivity contribution in [3.8, 4) is 0 Å². The number of hydrogen-bond donors (Lipinski definition) is 0. The van der Waals surface area contributed by atoms with Gasteiger partial charge in [-0.25, -0.2) is 4.98 Å². The standard InChI is InChI=1S/C11H15BrN2O2S/c12-3-6-16-9-1-4-14(5-2-9)11(15)10-7-17-8-13-10/h7-9H,1-6H2. The normalized spacial score (nSPS) is 17.4. The van der Waals surface area contributed by atoms with Crippen LogP contribution in [0.4, 0.5) is 0 Å². The highest BCUT2D eigenvalue weighted by Gasteiger charge is 2.24. The third kappa shape index (κ3) is 3.50. The topological polar surface area (TPSA) is 42.4 Å². The molecule has 0 radical (unpaired) electrons. The molecule has 6 heteroatoms. The second-order valence-corrected chi connectivity index (χ2v) is 5.44. The zero-order chi connectivity index (χ0) is 12.1. The zero-order valence-corrected chi connectivity index (χ0v) is 11.9. The molecule has 0 N–H and O–H groups in total. The minimum atomic E-state index is 0.0465. The summed E-state index contributed by atoms with van der Waals surface area (Å²) in [5.74, 6) is 0.0465. The van der Waals surface area contributed by atoms with E-state index in [9.17, 15) is 4.79 Å². The van der Waals surface area contributed by atoms with Crippen molar-refractivity contribution >= 4 is 33.2 Å². The second-order valence-electron chi connectivity index (χ2n) is 3.93. The summed E-state index contributed by atoms with van der Waals surface area (Å²) < 4.78 is 5.65. The SMILES string of the molecule is O=C(c1cscn1)N1CCC(OCCBr)CC1. The highest BCUT2D eigenvalue weighted by Crippen LogP contribution is 2.16. The smallest absolute Gasteiger partial charge is 0.273 e. The Morgan fingerprint density at radius 3 is 2.94 bits per heavy atom. The summed E-state index contributed by atoms with van der Waals surface area (Å²) in [6.07, 6.45) is 2.14. The number of rotatable bonds is 4. The average Bonchev–Trinajstić information content (AvgIpc) is 2.90. The van der Waals surface area contributed by atoms with Crippen molar-refractivity contribution in [2.24, 2.45) is 0 Å². The molecule has 0 aromatic carbocycles. The first-order valence-electron chi connectivity index (χ1n) is 5.66. The number of piperidine rings is 1. The van der Waals surface area contributed by atoms with Gasteiger partial charge in [-0.3, -0.25) is 4.79 Å². The molecule has 1 saturated heterocycles. The van der Waals surface area contributed by atoms with E-state index in [1.807, 2.05) is 4.90 Å². The van der Waals surface area contributed by atoms with Crippen LogP contribution in [0.2, 0.25) is 0 Å². The van der Waals surface area contributed by atoms with E-state index >= 15 is 0 Å². The molecule has 0 aliphatic carbocycles. The number of carbonyl (C=O) groups excluding carboxylic acids is 1. The Kier molecular flexibility index (Phi) is 4.94. The van der Waals surface area contributed by atoms with Crippen LogP contribution in [0, 0.1) is 0 Å². The first-order valence-corrected chi connectivity index (χ1v) is 7.72. The van der Waals surface area contributed by atoms with Crippen LogP contribution in [0.15, 0.2) is 10.9 Å². The van der Waals surface area contributed by atoms with Gasteiger partial charge >= 0.3 is 0 Å². The number of thiazole rings is 1. The van der Waals surface area contributed by atoms with Gasteiger partial charge in [0, 0.05) is 23.8 Å². The lowest BCUT2D eigenvalue weighted by molar-refractivity contribution is 0.0158. The predicted octanol–water partition coefficient (Wildman–Crippen LogP) is 2.16. The van der Waals surface area contributed by atoms with E-state index in [2.05, 4.69) is 20.9 Å². The summed E-state index contributed by atoms with van der Waals surface area (Å²) in [6.45, 7) is 2.28. The molecule has 0 bridgehead atoms. The molecule has 1 aliphatic heterocycles. The molecule has 1 aromatic heterocycles. The molecule has 94 valence electrons. The molecule has 0 atom stereocenters. The summed E-state index contributed by atoms with van der Waals surface area (Å²) in [6, 6.07) is 0. The van der Waals surface area contributed by atoms with Crippen molar-refractivity contribution in [1.29, 1.82) is 0 Å². The van der Waals surface area contributed by atoms with Crippen molar-refractivity contribution in [2.75, 3.05) is 25.0 Å². The molecule has 4 nitrogen and oxygen atoms in total. The molecule has 0 unspecified atom stereocenters. The average molecular weight is 319 g/mol. The number of carbonyl (C=O) groups is 1. The van der Waals surface area contributed by atoms with Gasteiger partial charge in [-0.1, -0.05) is 15.9 Å². The summed E-state index contributed by atoms with van der Waals surface area (Å²) in [5, 5.41) is 2.67. The molecular weight excluding hydrogens is 304 g/mol. The Balaban J connectivity index is 1.81. The zero-order valence-electron chi connectivity index (χ0n) is 9.47. The minimum absolute atomic E-state index is 0.0465. The fourth-order valence-corrected chi connectivity index (χ4v) is 2.63. The van der Waals surface area contributed by atoms with E-state index < -0.39 is 0 Å². The largest absolute Gasteiger partial charge is 0.377 e. The lowest BCUT2D eigenvalue weighted by Crippen LogP contribution is -2.41. The van der Waals surface area contributed by atoms with E-state index in [0.29, 0.717) is 11.8 Å². The lowest BCUT2D eigenvalue weighted by Gasteiger charge is -2.31. The maximum atomic E-state index is 12.0. The molecule has 1 fully saturated rings. The van der Waals surface area contributed by atoms with Gasteiger partial charge < -0.3 is 9.64 Å². The van der Waals surface area contributed by atoms with E-state index in [1.165, 1.54) is 11.3 Å². The van der Waals surface area contributed by atoms with Gasteiger partial charge in [0.1, 0.15) is 5.69 Å². The van der Waals surface area contributed by atoms with Crippen LogP contribution >= 0.6 is 27.3 Å². The maximum Gasteiger partial charge on any atom is 0.273 e. The van der Waals surface area contributed by atoms with Gasteiger partial charge in [0.15, 0.2) is 0 Å². The quantitative estimate of drug-likeness (QED) is 0.799. The van der Waals surface area contributed by atoms with Gasteiger partial charge in [-0.05, 0) is 12.8 Å². The maximum absolute atomic E-state index is 12.0. The number of hydrogen-bond acceptors (Lipinski definition) is 4. The number of amides is 1. The number of likely N-dealkylation sites (tertiary alicyclic amines) is 1. The van der Waals surface area contributed by atoms with Crippen LogP contribution in [0.3, 0.4) is 0 Å². The monoisotopic (exact) mass is 318 g/mol. The van der Waals surface area contributed by atoms with Crippen molar-refractivity contribution in [3.63, 3.8) is 0 Å². The Morgan fingerprint density at radius 1 is 1.59 bits per heavy atom. The summed E-state index contributed by atoms with van der Waals surface area (Å²) >= 11 is 4.80. The molecule has 0 spiro atoms. The third-order valence-corrected chi connectivity index (χ3v) is 3.72. The summed E-state index contributed by atoms with van der Waals surface area (Å²) in [5.41, 5.74) is 2.26. The van der Waals surface area contributed by atoms with Crippen molar-refractivity contribution in [1.82, 2.24) is 9.88 Å². The highest BCUT2D eigenvalue weighted by molar-refractivity contribution is 9.09. The number of aromatic nitrogens is 1. The fraction of sp³-hybridized carbons (Fsp3) is 0.636. The summed E-state index contributed by atoms with van der Waals surface area (Å²) in [7, 11) is 0.